The number of carbonyl (C=O) groups excluding carboxylic acids is 1. The monoisotopic (exact) mass is 316 g/mol. The van der Waals surface area contributed by atoms with Crippen molar-refractivity contribution in [2.24, 2.45) is 7.05 Å². The number of rotatable bonds is 4. The predicted molar refractivity (Wildman–Crippen MR) is 88.3 cm³/mol. The van der Waals surface area contributed by atoms with Gasteiger partial charge < -0.3 is 5.32 Å². The Morgan fingerprint density at radius 3 is 2.57 bits per heavy atom. The molecule has 0 radical (unpaired) electrons. The van der Waals surface area contributed by atoms with Gasteiger partial charge in [-0.2, -0.15) is 10.2 Å². The lowest BCUT2D eigenvalue weighted by Crippen LogP contribution is -2.55. The molecule has 2 aromatic heterocycles. The van der Waals surface area contributed by atoms with Crippen molar-refractivity contribution in [2.75, 3.05) is 18.4 Å². The van der Waals surface area contributed by atoms with Crippen LogP contribution in [-0.4, -0.2) is 49.5 Å². The standard InChI is InChI=1S/C16H24N6O/c1-10-6-17-22(7-10)14-8-21(9-14)13(4)16(23)18-15-11(2)19-20(5)12(15)3/h6-7,13-14H,8-9H2,1-5H3,(H,18,23). The number of hydrogen-bond donors (Lipinski definition) is 1. The first-order valence-corrected chi connectivity index (χ1v) is 7.92. The maximum absolute atomic E-state index is 12.5. The van der Waals surface area contributed by atoms with Gasteiger partial charge in [-0.1, -0.05) is 0 Å². The Labute approximate surface area is 136 Å². The average Bonchev–Trinajstić information content (AvgIpc) is 2.96. The van der Waals surface area contributed by atoms with Gasteiger partial charge in [0.15, 0.2) is 0 Å². The highest BCUT2D eigenvalue weighted by Gasteiger charge is 2.35. The van der Waals surface area contributed by atoms with Crippen molar-refractivity contribution in [3.63, 3.8) is 0 Å². The van der Waals surface area contributed by atoms with Crippen LogP contribution >= 0.6 is 0 Å². The van der Waals surface area contributed by atoms with Crippen LogP contribution in [0.15, 0.2) is 12.4 Å². The molecule has 1 aliphatic rings. The number of likely N-dealkylation sites (tertiary alicyclic amines) is 1. The lowest BCUT2D eigenvalue weighted by molar-refractivity contribution is -0.123. The van der Waals surface area contributed by atoms with Gasteiger partial charge in [0, 0.05) is 26.3 Å². The quantitative estimate of drug-likeness (QED) is 0.926. The summed E-state index contributed by atoms with van der Waals surface area (Å²) in [5, 5.41) is 11.7. The van der Waals surface area contributed by atoms with Crippen molar-refractivity contribution in [3.8, 4) is 0 Å². The van der Waals surface area contributed by atoms with Crippen LogP contribution in [-0.2, 0) is 11.8 Å². The van der Waals surface area contributed by atoms with E-state index in [9.17, 15) is 4.79 Å². The van der Waals surface area contributed by atoms with Gasteiger partial charge >= 0.3 is 0 Å². The van der Waals surface area contributed by atoms with Crippen LogP contribution in [0.5, 0.6) is 0 Å². The summed E-state index contributed by atoms with van der Waals surface area (Å²) in [4.78, 5) is 14.7. The highest BCUT2D eigenvalue weighted by molar-refractivity contribution is 5.95. The van der Waals surface area contributed by atoms with Gasteiger partial charge in [-0.05, 0) is 33.3 Å². The lowest BCUT2D eigenvalue weighted by atomic mass is 10.1. The highest BCUT2D eigenvalue weighted by Crippen LogP contribution is 2.25. The Balaban J connectivity index is 1.59. The van der Waals surface area contributed by atoms with Crippen molar-refractivity contribution in [3.05, 3.63) is 29.3 Å². The molecular formula is C16H24N6O. The predicted octanol–water partition coefficient (Wildman–Crippen LogP) is 1.43. The Morgan fingerprint density at radius 1 is 1.35 bits per heavy atom. The summed E-state index contributed by atoms with van der Waals surface area (Å²) in [6, 6.07) is 0.197. The van der Waals surface area contributed by atoms with Crippen LogP contribution < -0.4 is 5.32 Å². The maximum Gasteiger partial charge on any atom is 0.241 e. The van der Waals surface area contributed by atoms with E-state index in [2.05, 4.69) is 26.6 Å². The molecule has 124 valence electrons. The summed E-state index contributed by atoms with van der Waals surface area (Å²) in [5.74, 6) is 0.0132. The molecule has 0 aromatic carbocycles. The summed E-state index contributed by atoms with van der Waals surface area (Å²) in [6.45, 7) is 9.55. The number of carbonyl (C=O) groups is 1. The topological polar surface area (TPSA) is 68.0 Å². The van der Waals surface area contributed by atoms with Crippen molar-refractivity contribution in [2.45, 2.75) is 39.8 Å². The van der Waals surface area contributed by atoms with Gasteiger partial charge in [0.1, 0.15) is 0 Å². The molecule has 0 saturated carbocycles. The summed E-state index contributed by atoms with van der Waals surface area (Å²) in [6.07, 6.45) is 3.92. The average molecular weight is 316 g/mol. The third-order valence-electron chi connectivity index (χ3n) is 4.68. The number of nitrogens with zero attached hydrogens (tertiary/aromatic N) is 5. The van der Waals surface area contributed by atoms with E-state index in [1.54, 1.807) is 4.68 Å². The molecule has 3 heterocycles. The number of amides is 1. The zero-order chi connectivity index (χ0) is 16.7. The lowest BCUT2D eigenvalue weighted by Gasteiger charge is -2.42. The van der Waals surface area contributed by atoms with Crippen LogP contribution in [0.1, 0.15) is 29.9 Å². The minimum atomic E-state index is -0.165. The van der Waals surface area contributed by atoms with Gasteiger partial charge in [-0.3, -0.25) is 19.1 Å². The Hall–Kier alpha value is -2.15. The summed E-state index contributed by atoms with van der Waals surface area (Å²) >= 11 is 0. The van der Waals surface area contributed by atoms with Gasteiger partial charge in [-0.15, -0.1) is 0 Å². The second-order valence-electron chi connectivity index (χ2n) is 6.44. The first-order valence-electron chi connectivity index (χ1n) is 7.92. The van der Waals surface area contributed by atoms with Crippen LogP contribution in [0, 0.1) is 20.8 Å². The molecule has 1 fully saturated rings. The van der Waals surface area contributed by atoms with E-state index in [4.69, 9.17) is 0 Å². The molecule has 1 atom stereocenters. The van der Waals surface area contributed by atoms with E-state index in [0.717, 1.165) is 35.7 Å². The molecule has 1 unspecified atom stereocenters. The molecule has 2 aromatic rings. The van der Waals surface area contributed by atoms with E-state index in [0.29, 0.717) is 6.04 Å². The van der Waals surface area contributed by atoms with E-state index in [1.165, 1.54) is 0 Å². The molecular weight excluding hydrogens is 292 g/mol. The fraction of sp³-hybridized carbons (Fsp3) is 0.562. The van der Waals surface area contributed by atoms with E-state index < -0.39 is 0 Å². The van der Waals surface area contributed by atoms with E-state index in [-0.39, 0.29) is 11.9 Å². The molecule has 0 spiro atoms. The molecule has 3 rings (SSSR count). The fourth-order valence-corrected chi connectivity index (χ4v) is 2.95. The first-order chi connectivity index (χ1) is 10.9. The Bertz CT molecular complexity index is 725. The Kier molecular flexibility index (Phi) is 3.97. The summed E-state index contributed by atoms with van der Waals surface area (Å²) in [5.41, 5.74) is 3.80. The minimum absolute atomic E-state index is 0.0132. The van der Waals surface area contributed by atoms with Crippen LogP contribution in [0.25, 0.3) is 0 Å². The van der Waals surface area contributed by atoms with Crippen LogP contribution in [0.4, 0.5) is 5.69 Å². The first kappa shape index (κ1) is 15.7. The smallest absolute Gasteiger partial charge is 0.241 e. The van der Waals surface area contributed by atoms with Crippen molar-refractivity contribution in [1.29, 1.82) is 0 Å². The molecule has 23 heavy (non-hydrogen) atoms. The van der Waals surface area contributed by atoms with Gasteiger partial charge in [0.05, 0.1) is 35.4 Å². The largest absolute Gasteiger partial charge is 0.322 e. The zero-order valence-corrected chi connectivity index (χ0v) is 14.4. The van der Waals surface area contributed by atoms with Crippen molar-refractivity contribution in [1.82, 2.24) is 24.5 Å². The van der Waals surface area contributed by atoms with Crippen LogP contribution in [0.3, 0.4) is 0 Å². The number of hydrogen-bond acceptors (Lipinski definition) is 4. The van der Waals surface area contributed by atoms with E-state index >= 15 is 0 Å². The third kappa shape index (κ3) is 2.88. The number of aryl methyl sites for hydroxylation is 3. The molecule has 7 heteroatoms. The Morgan fingerprint density at radius 2 is 2.04 bits per heavy atom. The second kappa shape index (κ2) is 5.81. The number of anilines is 1. The SMILES string of the molecule is Cc1cnn(C2CN(C(C)C(=O)Nc3c(C)nn(C)c3C)C2)c1. The van der Waals surface area contributed by atoms with Gasteiger partial charge in [0.2, 0.25) is 5.91 Å². The zero-order valence-electron chi connectivity index (χ0n) is 14.4. The van der Waals surface area contributed by atoms with Gasteiger partial charge in [-0.25, -0.2) is 0 Å². The normalized spacial score (nSPS) is 17.1. The van der Waals surface area contributed by atoms with Gasteiger partial charge in [0.25, 0.3) is 0 Å². The summed E-state index contributed by atoms with van der Waals surface area (Å²) in [7, 11) is 1.88. The number of nitrogens with one attached hydrogen (secondary N) is 1. The molecule has 1 saturated heterocycles. The molecule has 1 N–H and O–H groups in total. The van der Waals surface area contributed by atoms with Crippen molar-refractivity contribution < 1.29 is 4.79 Å². The molecule has 0 aliphatic carbocycles. The maximum atomic E-state index is 12.5. The molecule has 7 nitrogen and oxygen atoms in total. The van der Waals surface area contributed by atoms with Crippen molar-refractivity contribution >= 4 is 11.6 Å². The molecule has 1 amide bonds. The summed E-state index contributed by atoms with van der Waals surface area (Å²) < 4.78 is 3.78. The minimum Gasteiger partial charge on any atom is -0.322 e. The highest BCUT2D eigenvalue weighted by atomic mass is 16.2. The van der Waals surface area contributed by atoms with E-state index in [1.807, 2.05) is 45.6 Å². The molecule has 0 bridgehead atoms. The van der Waals surface area contributed by atoms with Crippen LogP contribution in [0.2, 0.25) is 0 Å². The second-order valence-corrected chi connectivity index (χ2v) is 6.44. The fourth-order valence-electron chi connectivity index (χ4n) is 2.95. The third-order valence-corrected chi connectivity index (χ3v) is 4.68. The number of aromatic nitrogens is 4. The molecule has 1 aliphatic heterocycles.